The van der Waals surface area contributed by atoms with Crippen molar-refractivity contribution in [2.45, 2.75) is 39.5 Å². The number of nitrogens with one attached hydrogen (secondary N) is 6. The molecular formula is C55H42F2N14O2. The maximum atomic E-state index is 14.1. The summed E-state index contributed by atoms with van der Waals surface area (Å²) in [5.74, 6) is 0.0588. The lowest BCUT2D eigenvalue weighted by molar-refractivity contribution is -0.119. The van der Waals surface area contributed by atoms with Crippen molar-refractivity contribution in [2.24, 2.45) is 5.92 Å². The van der Waals surface area contributed by atoms with Crippen LogP contribution >= 0.6 is 0 Å². The molecule has 12 rings (SSSR count). The van der Waals surface area contributed by atoms with Gasteiger partial charge in [0, 0.05) is 76.2 Å². The minimum Gasteiger partial charge on any atom is -0.340 e. The zero-order valence-electron chi connectivity index (χ0n) is 39.2. The van der Waals surface area contributed by atoms with Gasteiger partial charge in [-0.3, -0.25) is 24.8 Å². The van der Waals surface area contributed by atoms with E-state index in [-0.39, 0.29) is 23.4 Å². The van der Waals surface area contributed by atoms with Crippen LogP contribution in [0.25, 0.3) is 95.1 Å². The van der Waals surface area contributed by atoms with Gasteiger partial charge in [-0.15, -0.1) is 0 Å². The molecule has 1 atom stereocenters. The van der Waals surface area contributed by atoms with Crippen LogP contribution in [0.2, 0.25) is 0 Å². The fourth-order valence-corrected chi connectivity index (χ4v) is 9.27. The van der Waals surface area contributed by atoms with Crippen molar-refractivity contribution in [3.05, 3.63) is 162 Å². The van der Waals surface area contributed by atoms with Gasteiger partial charge < -0.3 is 20.6 Å². The Labute approximate surface area is 413 Å². The van der Waals surface area contributed by atoms with E-state index in [0.29, 0.717) is 75.1 Å². The predicted molar refractivity (Wildman–Crippen MR) is 275 cm³/mol. The molecule has 0 spiro atoms. The molecule has 1 aliphatic carbocycles. The highest BCUT2D eigenvalue weighted by molar-refractivity contribution is 6.00. The summed E-state index contributed by atoms with van der Waals surface area (Å²) in [7, 11) is 0. The standard InChI is InChI=1S/C55H42F2N14O2/c1-3-45(72)64-44-18-12-32(24-59-44)34-21-41-50(69-71-51(41)60-25-34)54-65-46-31(11-17-40(48(46)67-54)30-9-15-37(57)16-10-30)19-28(2)55(73)62-38-20-33(23-58-27-38)35-22-42-49(68-70-52(42)61-26-35)53-63-43-6-4-5-39(47(43)66-53)29-7-13-36(56)14-8-29/h5,7-18,20-28H,3-4,6,19H2,1-2H3,(H,62,73)(H,63,66)(H,65,67)(H,59,64,72)(H,60,69,71)(H,61,68,70). The van der Waals surface area contributed by atoms with Gasteiger partial charge in [-0.1, -0.05) is 56.3 Å². The van der Waals surface area contributed by atoms with Crippen LogP contribution in [0.1, 0.15) is 49.2 Å². The predicted octanol–water partition coefficient (Wildman–Crippen LogP) is 10.8. The van der Waals surface area contributed by atoms with Crippen LogP contribution in [-0.2, 0) is 22.4 Å². The molecule has 0 saturated heterocycles. The Hall–Kier alpha value is -9.58. The number of halogens is 2. The van der Waals surface area contributed by atoms with E-state index >= 15 is 0 Å². The second kappa shape index (κ2) is 18.3. The van der Waals surface area contributed by atoms with Gasteiger partial charge in [-0.2, -0.15) is 10.2 Å². The summed E-state index contributed by atoms with van der Waals surface area (Å²) in [6, 6.07) is 26.0. The fraction of sp³-hybridized carbons (Fsp3) is 0.127. The number of carbonyl (C=O) groups excluding carboxylic acids is 2. The van der Waals surface area contributed by atoms with Crippen molar-refractivity contribution in [3.8, 4) is 56.4 Å². The van der Waals surface area contributed by atoms with Crippen molar-refractivity contribution >= 4 is 62.0 Å². The van der Waals surface area contributed by atoms with Gasteiger partial charge in [0.05, 0.1) is 39.4 Å². The Balaban J connectivity index is 0.807. The third-order valence-electron chi connectivity index (χ3n) is 13.1. The van der Waals surface area contributed by atoms with E-state index in [2.05, 4.69) is 67.0 Å². The first kappa shape index (κ1) is 44.6. The van der Waals surface area contributed by atoms with E-state index in [4.69, 9.17) is 9.97 Å². The van der Waals surface area contributed by atoms with Gasteiger partial charge in [0.15, 0.2) is 22.9 Å². The molecule has 11 aromatic rings. The topological polar surface area (TPSA) is 224 Å². The van der Waals surface area contributed by atoms with Gasteiger partial charge >= 0.3 is 0 Å². The third-order valence-corrected chi connectivity index (χ3v) is 13.1. The molecular weight excluding hydrogens is 927 g/mol. The fourth-order valence-electron chi connectivity index (χ4n) is 9.27. The lowest BCUT2D eigenvalue weighted by atomic mass is 9.94. The first-order valence-electron chi connectivity index (χ1n) is 23.7. The van der Waals surface area contributed by atoms with E-state index in [1.165, 1.54) is 24.3 Å². The molecule has 358 valence electrons. The van der Waals surface area contributed by atoms with Gasteiger partial charge in [0.25, 0.3) is 0 Å². The molecule has 0 fully saturated rings. The molecule has 18 heteroatoms. The Morgan fingerprint density at radius 1 is 0.671 bits per heavy atom. The number of amides is 2. The molecule has 6 N–H and O–H groups in total. The lowest BCUT2D eigenvalue weighted by Crippen LogP contribution is -2.22. The summed E-state index contributed by atoms with van der Waals surface area (Å²) in [5.41, 5.74) is 13.2. The van der Waals surface area contributed by atoms with Crippen molar-refractivity contribution < 1.29 is 18.4 Å². The maximum absolute atomic E-state index is 14.1. The van der Waals surface area contributed by atoms with Gasteiger partial charge in [0.1, 0.15) is 28.8 Å². The molecule has 0 saturated carbocycles. The molecule has 0 aliphatic heterocycles. The number of aryl methyl sites for hydroxylation is 1. The number of anilines is 2. The van der Waals surface area contributed by atoms with Crippen molar-refractivity contribution in [1.82, 2.24) is 60.3 Å². The number of pyridine rings is 4. The number of hydrogen-bond acceptors (Lipinski definition) is 10. The van der Waals surface area contributed by atoms with E-state index in [1.807, 2.05) is 43.3 Å². The van der Waals surface area contributed by atoms with Crippen molar-refractivity contribution in [2.75, 3.05) is 10.6 Å². The van der Waals surface area contributed by atoms with Crippen LogP contribution in [0, 0.1) is 17.6 Å². The van der Waals surface area contributed by atoms with Crippen LogP contribution in [0.5, 0.6) is 0 Å². The molecule has 73 heavy (non-hydrogen) atoms. The zero-order valence-corrected chi connectivity index (χ0v) is 39.2. The summed E-state index contributed by atoms with van der Waals surface area (Å²) >= 11 is 0. The number of fused-ring (bicyclic) bond motifs is 4. The number of imidazole rings is 2. The maximum Gasteiger partial charge on any atom is 0.227 e. The summed E-state index contributed by atoms with van der Waals surface area (Å²) in [4.78, 5) is 61.2. The zero-order chi connectivity index (χ0) is 49.7. The second-order valence-electron chi connectivity index (χ2n) is 17.9. The quantitative estimate of drug-likeness (QED) is 0.0679. The Bertz CT molecular complexity index is 3970. The normalized spacial score (nSPS) is 12.8. The SMILES string of the molecule is CCC(=O)Nc1ccc(-c2cnc3n[nH]c(-c4nc5c(CC(C)C(=O)Nc6cncc(-c7cnc8n[nH]c(-c9nc%10c([nH]9)CCC=C%10c9ccc(F)cc9)c8c7)c6)ccc(-c6ccc(F)cc6)c5[nH]4)c3c2)cn1. The molecule has 2 amide bonds. The summed E-state index contributed by atoms with van der Waals surface area (Å²) in [5, 5.41) is 22.5. The molecule has 0 bridgehead atoms. The molecule has 3 aromatic carbocycles. The van der Waals surface area contributed by atoms with Crippen molar-refractivity contribution in [3.63, 3.8) is 0 Å². The summed E-state index contributed by atoms with van der Waals surface area (Å²) in [6.07, 6.45) is 12.8. The molecule has 0 radical (unpaired) electrons. The number of nitrogens with zero attached hydrogens (tertiary/aromatic N) is 8. The molecule has 8 aromatic heterocycles. The average Bonchev–Trinajstić information content (AvgIpc) is 4.24. The second-order valence-corrected chi connectivity index (χ2v) is 17.9. The van der Waals surface area contributed by atoms with Crippen LogP contribution < -0.4 is 10.6 Å². The minimum absolute atomic E-state index is 0.127. The largest absolute Gasteiger partial charge is 0.340 e. The van der Waals surface area contributed by atoms with Gasteiger partial charge in [-0.05, 0) is 90.6 Å². The van der Waals surface area contributed by atoms with E-state index in [0.717, 1.165) is 79.7 Å². The summed E-state index contributed by atoms with van der Waals surface area (Å²) < 4.78 is 27.9. The Morgan fingerprint density at radius 3 is 2.00 bits per heavy atom. The van der Waals surface area contributed by atoms with Gasteiger partial charge in [-0.25, -0.2) is 33.7 Å². The Morgan fingerprint density at radius 2 is 1.32 bits per heavy atom. The minimum atomic E-state index is -0.511. The number of aromatic nitrogens is 12. The first-order chi connectivity index (χ1) is 35.6. The van der Waals surface area contributed by atoms with Crippen LogP contribution in [0.4, 0.5) is 20.3 Å². The molecule has 1 unspecified atom stereocenters. The first-order valence-corrected chi connectivity index (χ1v) is 23.7. The number of H-pyrrole nitrogens is 4. The summed E-state index contributed by atoms with van der Waals surface area (Å²) in [6.45, 7) is 3.64. The number of carbonyl (C=O) groups is 2. The van der Waals surface area contributed by atoms with E-state index in [9.17, 15) is 18.4 Å². The monoisotopic (exact) mass is 968 g/mol. The smallest absolute Gasteiger partial charge is 0.227 e. The average molecular weight is 969 g/mol. The van der Waals surface area contributed by atoms with E-state index in [1.54, 1.807) is 68.2 Å². The molecule has 8 heterocycles. The number of hydrogen-bond donors (Lipinski definition) is 6. The number of rotatable bonds is 12. The lowest BCUT2D eigenvalue weighted by Gasteiger charge is -2.14. The van der Waals surface area contributed by atoms with Gasteiger partial charge in [0.2, 0.25) is 11.8 Å². The molecule has 16 nitrogen and oxygen atoms in total. The highest BCUT2D eigenvalue weighted by atomic mass is 19.1. The van der Waals surface area contributed by atoms with Crippen LogP contribution in [0.3, 0.4) is 0 Å². The number of aromatic amines is 4. The van der Waals surface area contributed by atoms with E-state index < -0.39 is 5.92 Å². The Kier molecular flexibility index (Phi) is 11.2. The number of benzene rings is 3. The number of allylic oxidation sites excluding steroid dienone is 1. The highest BCUT2D eigenvalue weighted by Crippen LogP contribution is 2.37. The highest BCUT2D eigenvalue weighted by Gasteiger charge is 2.24. The van der Waals surface area contributed by atoms with Crippen LogP contribution in [-0.4, -0.2) is 72.1 Å². The van der Waals surface area contributed by atoms with Crippen molar-refractivity contribution in [1.29, 1.82) is 0 Å². The third kappa shape index (κ3) is 8.53. The molecule has 1 aliphatic rings. The van der Waals surface area contributed by atoms with Crippen LogP contribution in [0.15, 0.2) is 128 Å².